The zero-order chi connectivity index (χ0) is 17.7. The van der Waals surface area contributed by atoms with Crippen LogP contribution in [-0.2, 0) is 22.9 Å². The van der Waals surface area contributed by atoms with Crippen molar-refractivity contribution < 1.29 is 17.9 Å². The molecule has 0 atom stereocenters. The molecule has 25 heavy (non-hydrogen) atoms. The first kappa shape index (κ1) is 17.8. The first-order valence-electron chi connectivity index (χ1n) is 8.47. The summed E-state index contributed by atoms with van der Waals surface area (Å²) in [5.74, 6) is 1.43. The van der Waals surface area contributed by atoms with E-state index in [2.05, 4.69) is 4.72 Å². The smallest absolute Gasteiger partial charge is 0.240 e. The summed E-state index contributed by atoms with van der Waals surface area (Å²) < 4.78 is 38.1. The van der Waals surface area contributed by atoms with Crippen LogP contribution in [0.2, 0.25) is 0 Å². The van der Waals surface area contributed by atoms with Gasteiger partial charge >= 0.3 is 0 Å². The molecule has 3 rings (SSSR count). The number of benzene rings is 2. The molecule has 1 aliphatic carbocycles. The lowest BCUT2D eigenvalue weighted by atomic mass is 9.92. The third kappa shape index (κ3) is 4.52. The van der Waals surface area contributed by atoms with Gasteiger partial charge in [-0.3, -0.25) is 0 Å². The van der Waals surface area contributed by atoms with Gasteiger partial charge in [-0.1, -0.05) is 6.07 Å². The van der Waals surface area contributed by atoms with E-state index < -0.39 is 10.0 Å². The fourth-order valence-corrected chi connectivity index (χ4v) is 4.04. The van der Waals surface area contributed by atoms with E-state index in [0.29, 0.717) is 10.6 Å². The Hall–Kier alpha value is -2.05. The molecule has 0 amide bonds. The molecular weight excluding hydrogens is 338 g/mol. The number of aryl methyl sites for hydroxylation is 2. The number of hydrogen-bond acceptors (Lipinski definition) is 4. The Kier molecular flexibility index (Phi) is 5.60. The van der Waals surface area contributed by atoms with Crippen molar-refractivity contribution in [3.05, 3.63) is 53.6 Å². The SMILES string of the molecule is COc1ccc(OCCNS(=O)(=O)c2ccc3c(c2)CCCC3)cc1. The van der Waals surface area contributed by atoms with Crippen LogP contribution in [0.15, 0.2) is 47.4 Å². The summed E-state index contributed by atoms with van der Waals surface area (Å²) in [5.41, 5.74) is 2.43. The molecule has 0 heterocycles. The van der Waals surface area contributed by atoms with Crippen molar-refractivity contribution in [3.63, 3.8) is 0 Å². The molecule has 0 unspecified atom stereocenters. The van der Waals surface area contributed by atoms with E-state index >= 15 is 0 Å². The highest BCUT2D eigenvalue weighted by Crippen LogP contribution is 2.24. The van der Waals surface area contributed by atoms with E-state index in [-0.39, 0.29) is 13.2 Å². The van der Waals surface area contributed by atoms with Gasteiger partial charge in [0.15, 0.2) is 0 Å². The number of hydrogen-bond donors (Lipinski definition) is 1. The van der Waals surface area contributed by atoms with Gasteiger partial charge in [-0.25, -0.2) is 13.1 Å². The largest absolute Gasteiger partial charge is 0.497 e. The van der Waals surface area contributed by atoms with Gasteiger partial charge in [0.1, 0.15) is 18.1 Å². The van der Waals surface area contributed by atoms with E-state index in [0.717, 1.165) is 30.6 Å². The Bertz CT molecular complexity index is 816. The molecule has 0 aliphatic heterocycles. The minimum absolute atomic E-state index is 0.214. The van der Waals surface area contributed by atoms with Crippen LogP contribution in [0, 0.1) is 0 Å². The maximum absolute atomic E-state index is 12.4. The van der Waals surface area contributed by atoms with Gasteiger partial charge < -0.3 is 9.47 Å². The molecule has 2 aromatic carbocycles. The summed E-state index contributed by atoms with van der Waals surface area (Å²) in [5, 5.41) is 0. The lowest BCUT2D eigenvalue weighted by molar-refractivity contribution is 0.322. The van der Waals surface area contributed by atoms with Gasteiger partial charge in [-0.05, 0) is 73.2 Å². The fourth-order valence-electron chi connectivity index (χ4n) is 2.98. The minimum atomic E-state index is -3.51. The second kappa shape index (κ2) is 7.89. The average molecular weight is 361 g/mol. The Morgan fingerprint density at radius 1 is 0.960 bits per heavy atom. The van der Waals surface area contributed by atoms with Crippen molar-refractivity contribution in [1.82, 2.24) is 4.72 Å². The first-order valence-corrected chi connectivity index (χ1v) is 9.95. The van der Waals surface area contributed by atoms with Gasteiger partial charge in [-0.15, -0.1) is 0 Å². The summed E-state index contributed by atoms with van der Waals surface area (Å²) in [6.07, 6.45) is 4.30. The normalized spacial score (nSPS) is 14.0. The van der Waals surface area contributed by atoms with E-state index in [9.17, 15) is 8.42 Å². The third-order valence-electron chi connectivity index (χ3n) is 4.35. The van der Waals surface area contributed by atoms with E-state index in [1.807, 2.05) is 6.07 Å². The van der Waals surface area contributed by atoms with Crippen molar-refractivity contribution in [2.24, 2.45) is 0 Å². The predicted octanol–water partition coefficient (Wildman–Crippen LogP) is 2.93. The molecule has 134 valence electrons. The number of sulfonamides is 1. The van der Waals surface area contributed by atoms with Crippen LogP contribution in [0.3, 0.4) is 0 Å². The van der Waals surface area contributed by atoms with Crippen molar-refractivity contribution in [2.45, 2.75) is 30.6 Å². The van der Waals surface area contributed by atoms with Gasteiger partial charge in [0, 0.05) is 6.54 Å². The molecular formula is C19H23NO4S. The lowest BCUT2D eigenvalue weighted by Crippen LogP contribution is -2.28. The topological polar surface area (TPSA) is 64.6 Å². The van der Waals surface area contributed by atoms with Crippen LogP contribution in [-0.4, -0.2) is 28.7 Å². The maximum atomic E-state index is 12.4. The molecule has 0 radical (unpaired) electrons. The second-order valence-corrected chi connectivity index (χ2v) is 7.83. The molecule has 0 fully saturated rings. The van der Waals surface area contributed by atoms with Gasteiger partial charge in [0.05, 0.1) is 12.0 Å². The summed E-state index contributed by atoms with van der Waals surface area (Å²) >= 11 is 0. The molecule has 1 N–H and O–H groups in total. The summed E-state index contributed by atoms with van der Waals surface area (Å²) in [4.78, 5) is 0.331. The Labute approximate surface area is 149 Å². The molecule has 6 heteroatoms. The molecule has 0 saturated carbocycles. The first-order chi connectivity index (χ1) is 12.1. The quantitative estimate of drug-likeness (QED) is 0.770. The van der Waals surface area contributed by atoms with E-state index in [1.165, 1.54) is 12.0 Å². The zero-order valence-corrected chi connectivity index (χ0v) is 15.1. The molecule has 1 aliphatic rings. The predicted molar refractivity (Wildman–Crippen MR) is 96.8 cm³/mol. The Morgan fingerprint density at radius 2 is 1.64 bits per heavy atom. The number of fused-ring (bicyclic) bond motifs is 1. The Morgan fingerprint density at radius 3 is 2.36 bits per heavy atom. The van der Waals surface area contributed by atoms with Gasteiger partial charge in [0.25, 0.3) is 0 Å². The standard InChI is InChI=1S/C19H23NO4S/c1-23-17-7-9-18(10-8-17)24-13-12-20-25(21,22)19-11-6-15-4-2-3-5-16(15)14-19/h6-11,14,20H,2-5,12-13H2,1H3. The van der Waals surface area contributed by atoms with E-state index in [4.69, 9.17) is 9.47 Å². The van der Waals surface area contributed by atoms with Crippen LogP contribution >= 0.6 is 0 Å². The highest BCUT2D eigenvalue weighted by molar-refractivity contribution is 7.89. The third-order valence-corrected chi connectivity index (χ3v) is 5.81. The monoisotopic (exact) mass is 361 g/mol. The summed E-state index contributed by atoms with van der Waals surface area (Å²) in [6, 6.07) is 12.6. The molecule has 0 bridgehead atoms. The Balaban J connectivity index is 1.54. The van der Waals surface area contributed by atoms with Gasteiger partial charge in [0.2, 0.25) is 10.0 Å². The van der Waals surface area contributed by atoms with Gasteiger partial charge in [-0.2, -0.15) is 0 Å². The molecule has 0 saturated heterocycles. The van der Waals surface area contributed by atoms with E-state index in [1.54, 1.807) is 43.5 Å². The molecule has 0 spiro atoms. The second-order valence-electron chi connectivity index (χ2n) is 6.06. The van der Waals surface area contributed by atoms with Crippen LogP contribution in [0.1, 0.15) is 24.0 Å². The summed E-state index contributed by atoms with van der Waals surface area (Å²) in [6.45, 7) is 0.474. The molecule has 5 nitrogen and oxygen atoms in total. The highest BCUT2D eigenvalue weighted by atomic mass is 32.2. The van der Waals surface area contributed by atoms with Crippen molar-refractivity contribution >= 4 is 10.0 Å². The van der Waals surface area contributed by atoms with Crippen LogP contribution < -0.4 is 14.2 Å². The average Bonchev–Trinajstić information content (AvgIpc) is 2.65. The maximum Gasteiger partial charge on any atom is 0.240 e. The fraction of sp³-hybridized carbons (Fsp3) is 0.368. The molecule has 2 aromatic rings. The zero-order valence-electron chi connectivity index (χ0n) is 14.3. The number of rotatable bonds is 7. The minimum Gasteiger partial charge on any atom is -0.497 e. The number of methoxy groups -OCH3 is 1. The number of ether oxygens (including phenoxy) is 2. The van der Waals surface area contributed by atoms with Crippen molar-refractivity contribution in [1.29, 1.82) is 0 Å². The van der Waals surface area contributed by atoms with Crippen molar-refractivity contribution in [3.8, 4) is 11.5 Å². The number of nitrogens with one attached hydrogen (secondary N) is 1. The lowest BCUT2D eigenvalue weighted by Gasteiger charge is -2.16. The summed E-state index contributed by atoms with van der Waals surface area (Å²) in [7, 11) is -1.91. The highest BCUT2D eigenvalue weighted by Gasteiger charge is 2.17. The molecule has 0 aromatic heterocycles. The van der Waals surface area contributed by atoms with Crippen molar-refractivity contribution in [2.75, 3.05) is 20.3 Å². The van der Waals surface area contributed by atoms with Crippen LogP contribution in [0.5, 0.6) is 11.5 Å². The van der Waals surface area contributed by atoms with Crippen LogP contribution in [0.4, 0.5) is 0 Å². The van der Waals surface area contributed by atoms with Crippen LogP contribution in [0.25, 0.3) is 0 Å².